The molecular formula is C27H22ClNO4S2. The number of hydrogen-bond acceptors (Lipinski definition) is 5. The lowest BCUT2D eigenvalue weighted by Crippen LogP contribution is -2.19. The highest BCUT2D eigenvalue weighted by atomic mass is 35.5. The van der Waals surface area contributed by atoms with Gasteiger partial charge in [0.25, 0.3) is 0 Å². The van der Waals surface area contributed by atoms with Gasteiger partial charge in [0.05, 0.1) is 20.3 Å². The van der Waals surface area contributed by atoms with Gasteiger partial charge in [-0.3, -0.25) is 10.1 Å². The number of aliphatic carboxylic acids is 1. The number of benzene rings is 2. The summed E-state index contributed by atoms with van der Waals surface area (Å²) in [6, 6.07) is 21.3. The first-order valence-electron chi connectivity index (χ1n) is 11.1. The summed E-state index contributed by atoms with van der Waals surface area (Å²) in [6.45, 7) is 1.84. The van der Waals surface area contributed by atoms with E-state index in [-0.39, 0.29) is 6.10 Å². The molecule has 1 aliphatic carbocycles. The minimum absolute atomic E-state index is 0.344. The minimum atomic E-state index is -0.751. The second-order valence-corrected chi connectivity index (χ2v) is 11.2. The molecule has 1 amide bonds. The summed E-state index contributed by atoms with van der Waals surface area (Å²) >= 11 is 9.20. The zero-order chi connectivity index (χ0) is 24.6. The first kappa shape index (κ1) is 23.6. The molecule has 1 fully saturated rings. The molecule has 0 bridgehead atoms. The number of hydrogen-bond donors (Lipinski definition) is 2. The van der Waals surface area contributed by atoms with E-state index in [0.29, 0.717) is 22.9 Å². The summed E-state index contributed by atoms with van der Waals surface area (Å²) in [5, 5.41) is 14.3. The fourth-order valence-electron chi connectivity index (χ4n) is 4.10. The third kappa shape index (κ3) is 4.85. The van der Waals surface area contributed by atoms with Crippen molar-refractivity contribution in [1.82, 2.24) is 0 Å². The van der Waals surface area contributed by atoms with Gasteiger partial charge >= 0.3 is 12.1 Å². The summed E-state index contributed by atoms with van der Waals surface area (Å²) < 4.78 is 6.08. The molecule has 5 nitrogen and oxygen atoms in total. The van der Waals surface area contributed by atoms with Gasteiger partial charge in [0, 0.05) is 4.88 Å². The van der Waals surface area contributed by atoms with Crippen molar-refractivity contribution < 1.29 is 19.4 Å². The van der Waals surface area contributed by atoms with Crippen LogP contribution in [-0.2, 0) is 14.9 Å². The number of nitrogens with one attached hydrogen (secondary N) is 1. The van der Waals surface area contributed by atoms with Crippen molar-refractivity contribution in [3.8, 4) is 21.6 Å². The van der Waals surface area contributed by atoms with Crippen LogP contribution in [0.3, 0.4) is 0 Å². The van der Waals surface area contributed by atoms with E-state index in [2.05, 4.69) is 5.32 Å². The van der Waals surface area contributed by atoms with Crippen molar-refractivity contribution >= 4 is 52.0 Å². The van der Waals surface area contributed by atoms with E-state index < -0.39 is 17.5 Å². The van der Waals surface area contributed by atoms with Crippen molar-refractivity contribution in [2.45, 2.75) is 31.3 Å². The van der Waals surface area contributed by atoms with Crippen LogP contribution < -0.4 is 5.32 Å². The second kappa shape index (κ2) is 9.49. The number of rotatable bonds is 7. The summed E-state index contributed by atoms with van der Waals surface area (Å²) in [5.41, 5.74) is 3.70. The smallest absolute Gasteiger partial charge is 0.412 e. The molecule has 2 aromatic heterocycles. The number of carbonyl (C=O) groups is 2. The van der Waals surface area contributed by atoms with E-state index in [1.54, 1.807) is 6.07 Å². The molecule has 0 aliphatic heterocycles. The largest absolute Gasteiger partial charge is 0.481 e. The molecule has 2 aromatic carbocycles. The molecule has 8 heteroatoms. The van der Waals surface area contributed by atoms with Gasteiger partial charge < -0.3 is 9.84 Å². The van der Waals surface area contributed by atoms with Crippen LogP contribution in [0.2, 0.25) is 4.34 Å². The van der Waals surface area contributed by atoms with Gasteiger partial charge in [-0.2, -0.15) is 0 Å². The van der Waals surface area contributed by atoms with Gasteiger partial charge in [-0.25, -0.2) is 4.79 Å². The summed E-state index contributed by atoms with van der Waals surface area (Å²) in [7, 11) is 0. The molecule has 2 N–H and O–H groups in total. The molecule has 1 aliphatic rings. The predicted octanol–water partition coefficient (Wildman–Crippen LogP) is 8.22. The van der Waals surface area contributed by atoms with Gasteiger partial charge in [-0.1, -0.05) is 66.2 Å². The van der Waals surface area contributed by atoms with Crippen LogP contribution in [0.15, 0.2) is 72.1 Å². The van der Waals surface area contributed by atoms with Gasteiger partial charge in [-0.05, 0) is 59.5 Å². The fraction of sp³-hybridized carbons (Fsp3) is 0.185. The Morgan fingerprint density at radius 1 is 1.03 bits per heavy atom. The number of halogens is 1. The molecule has 4 aromatic rings. The number of amides is 1. The van der Waals surface area contributed by atoms with E-state index in [1.807, 2.05) is 73.0 Å². The average Bonchev–Trinajstić information content (AvgIpc) is 3.32. The predicted molar refractivity (Wildman–Crippen MR) is 142 cm³/mol. The fourth-order valence-corrected chi connectivity index (χ4v) is 5.99. The molecule has 0 unspecified atom stereocenters. The monoisotopic (exact) mass is 523 g/mol. The molecular weight excluding hydrogens is 502 g/mol. The summed E-state index contributed by atoms with van der Waals surface area (Å²) in [5.74, 6) is -0.751. The van der Waals surface area contributed by atoms with Crippen LogP contribution in [-0.4, -0.2) is 17.2 Å². The first-order valence-corrected chi connectivity index (χ1v) is 13.2. The van der Waals surface area contributed by atoms with Gasteiger partial charge in [0.2, 0.25) is 0 Å². The number of carbonyl (C=O) groups excluding carboxylic acids is 1. The Morgan fingerprint density at radius 2 is 1.66 bits per heavy atom. The van der Waals surface area contributed by atoms with Gasteiger partial charge in [0.15, 0.2) is 0 Å². The Bertz CT molecular complexity index is 1360. The Hall–Kier alpha value is -3.13. The molecule has 35 heavy (non-hydrogen) atoms. The van der Waals surface area contributed by atoms with E-state index in [4.69, 9.17) is 16.3 Å². The molecule has 5 rings (SSSR count). The second-order valence-electron chi connectivity index (χ2n) is 8.52. The lowest BCUT2D eigenvalue weighted by molar-refractivity contribution is -0.140. The maximum Gasteiger partial charge on any atom is 0.412 e. The van der Waals surface area contributed by atoms with E-state index in [1.165, 1.54) is 22.7 Å². The van der Waals surface area contributed by atoms with E-state index in [0.717, 1.165) is 32.0 Å². The number of carboxylic acid groups (broad SMARTS) is 1. The van der Waals surface area contributed by atoms with E-state index in [9.17, 15) is 14.7 Å². The van der Waals surface area contributed by atoms with Crippen molar-refractivity contribution in [2.24, 2.45) is 0 Å². The molecule has 1 saturated carbocycles. The standard InChI is InChI=1S/C27H22ClNO4S2/c1-16(22-3-2-14-34-22)33-26(32)29-21-15-23(28)35-24(21)19-6-4-17(5-7-19)18-8-10-20(11-9-18)27(12-13-27)25(30)31/h2-11,14-16H,12-13H2,1H3,(H,29,32)(H,30,31)/t16-/m1/s1. The Kier molecular flexibility index (Phi) is 6.40. The highest BCUT2D eigenvalue weighted by molar-refractivity contribution is 7.20. The van der Waals surface area contributed by atoms with Gasteiger partial charge in [0.1, 0.15) is 6.10 Å². The molecule has 178 valence electrons. The molecule has 1 atom stereocenters. The van der Waals surface area contributed by atoms with Crippen LogP contribution in [0.1, 0.15) is 36.3 Å². The van der Waals surface area contributed by atoms with E-state index >= 15 is 0 Å². The number of ether oxygens (including phenoxy) is 1. The first-order chi connectivity index (χ1) is 16.9. The maximum absolute atomic E-state index is 12.5. The normalized spacial score (nSPS) is 14.8. The van der Waals surface area contributed by atoms with Crippen LogP contribution in [0.25, 0.3) is 21.6 Å². The number of carboxylic acids is 1. The van der Waals surface area contributed by atoms with Crippen molar-refractivity contribution in [3.05, 3.63) is 86.9 Å². The zero-order valence-electron chi connectivity index (χ0n) is 18.8. The molecule has 2 heterocycles. The van der Waals surface area contributed by atoms with Gasteiger partial charge in [-0.15, -0.1) is 22.7 Å². The molecule has 0 saturated heterocycles. The SMILES string of the molecule is C[C@@H](OC(=O)Nc1cc(Cl)sc1-c1ccc(-c2ccc(C3(C(=O)O)CC3)cc2)cc1)c1cccs1. The molecule has 0 spiro atoms. The highest BCUT2D eigenvalue weighted by Crippen LogP contribution is 2.48. The summed E-state index contributed by atoms with van der Waals surface area (Å²) in [6.07, 6.45) is 0.504. The zero-order valence-corrected chi connectivity index (χ0v) is 21.2. The number of thiophene rings is 2. The topological polar surface area (TPSA) is 75.6 Å². The third-order valence-electron chi connectivity index (χ3n) is 6.24. The molecule has 0 radical (unpaired) electrons. The average molecular weight is 524 g/mol. The van der Waals surface area contributed by atoms with Crippen LogP contribution in [0.4, 0.5) is 10.5 Å². The maximum atomic E-state index is 12.5. The Morgan fingerprint density at radius 3 is 2.23 bits per heavy atom. The van der Waals surface area contributed by atoms with Crippen molar-refractivity contribution in [1.29, 1.82) is 0 Å². The Labute approximate surface area is 216 Å². The third-order valence-corrected chi connectivity index (χ3v) is 8.59. The van der Waals surface area contributed by atoms with Crippen LogP contribution >= 0.6 is 34.3 Å². The Balaban J connectivity index is 1.31. The quantitative estimate of drug-likeness (QED) is 0.256. The van der Waals surface area contributed by atoms with Crippen molar-refractivity contribution in [2.75, 3.05) is 5.32 Å². The lowest BCUT2D eigenvalue weighted by atomic mass is 9.93. The van der Waals surface area contributed by atoms with Crippen LogP contribution in [0, 0.1) is 0 Å². The lowest BCUT2D eigenvalue weighted by Gasteiger charge is -2.13. The summed E-state index contributed by atoms with van der Waals surface area (Å²) in [4.78, 5) is 25.9. The van der Waals surface area contributed by atoms with Crippen molar-refractivity contribution in [3.63, 3.8) is 0 Å². The van der Waals surface area contributed by atoms with Crippen LogP contribution in [0.5, 0.6) is 0 Å². The number of anilines is 1. The highest BCUT2D eigenvalue weighted by Gasteiger charge is 2.51. The minimum Gasteiger partial charge on any atom is -0.481 e.